The van der Waals surface area contributed by atoms with Gasteiger partial charge >= 0.3 is 0 Å². The summed E-state index contributed by atoms with van der Waals surface area (Å²) in [5, 5.41) is 5.38. The monoisotopic (exact) mass is 371 g/mol. The number of halogens is 2. The Hall–Kier alpha value is -0.680. The quantitative estimate of drug-likeness (QED) is 0.758. The number of alkyl halides is 1. The first-order valence-electron chi connectivity index (χ1n) is 5.99. The number of hydrogen-bond donors (Lipinski definition) is 0. The number of aryl methyl sites for hydroxylation is 2. The number of benzene rings is 1. The van der Waals surface area contributed by atoms with Crippen LogP contribution in [0.5, 0.6) is 0 Å². The van der Waals surface area contributed by atoms with Crippen molar-refractivity contribution in [1.82, 2.24) is 14.8 Å². The van der Waals surface area contributed by atoms with E-state index < -0.39 is 0 Å². The molecule has 0 saturated heterocycles. The van der Waals surface area contributed by atoms with Gasteiger partial charge in [-0.1, -0.05) is 45.7 Å². The summed E-state index contributed by atoms with van der Waals surface area (Å²) in [4.78, 5) is 4.55. The maximum absolute atomic E-state index is 4.58. The van der Waals surface area contributed by atoms with E-state index in [-0.39, 0.29) is 0 Å². The van der Waals surface area contributed by atoms with E-state index in [0.29, 0.717) is 0 Å². The molecule has 1 heterocycles. The Morgan fingerprint density at radius 1 is 1.22 bits per heavy atom. The van der Waals surface area contributed by atoms with Crippen molar-refractivity contribution < 1.29 is 0 Å². The van der Waals surface area contributed by atoms with Gasteiger partial charge in [0.15, 0.2) is 5.82 Å². The average molecular weight is 373 g/mol. The van der Waals surface area contributed by atoms with Crippen molar-refractivity contribution in [2.45, 2.75) is 32.0 Å². The van der Waals surface area contributed by atoms with Gasteiger partial charge in [0.2, 0.25) is 0 Å². The second kappa shape index (κ2) is 5.97. The summed E-state index contributed by atoms with van der Waals surface area (Å²) in [5.74, 6) is 1.91. The predicted molar refractivity (Wildman–Crippen MR) is 80.4 cm³/mol. The fraction of sp³-hybridized carbons (Fsp3) is 0.385. The second-order valence-corrected chi connectivity index (χ2v) is 5.45. The molecule has 0 aliphatic heterocycles. The van der Waals surface area contributed by atoms with Crippen LogP contribution in [-0.2, 0) is 18.2 Å². The van der Waals surface area contributed by atoms with Crippen LogP contribution < -0.4 is 0 Å². The lowest BCUT2D eigenvalue weighted by Gasteiger charge is -2.09. The van der Waals surface area contributed by atoms with Crippen molar-refractivity contribution in [3.63, 3.8) is 0 Å². The molecule has 3 nitrogen and oxygen atoms in total. The van der Waals surface area contributed by atoms with E-state index in [4.69, 9.17) is 0 Å². The number of aromatic nitrogens is 3. The molecule has 18 heavy (non-hydrogen) atoms. The minimum absolute atomic E-state index is 0.798. The zero-order valence-electron chi connectivity index (χ0n) is 10.5. The van der Waals surface area contributed by atoms with Crippen molar-refractivity contribution in [3.8, 4) is 5.69 Å². The SMILES string of the molecule is CCc1nc(CC)n(-c2ccc(Br)cc2CBr)n1. The summed E-state index contributed by atoms with van der Waals surface area (Å²) in [6.45, 7) is 4.18. The molecule has 5 heteroatoms. The molecule has 0 aliphatic carbocycles. The molecule has 2 aromatic rings. The lowest BCUT2D eigenvalue weighted by Crippen LogP contribution is -2.05. The van der Waals surface area contributed by atoms with Gasteiger partial charge < -0.3 is 0 Å². The fourth-order valence-corrected chi connectivity index (χ4v) is 2.69. The van der Waals surface area contributed by atoms with Gasteiger partial charge in [0.05, 0.1) is 5.69 Å². The van der Waals surface area contributed by atoms with Gasteiger partial charge in [0, 0.05) is 22.6 Å². The highest BCUT2D eigenvalue weighted by Gasteiger charge is 2.12. The Morgan fingerprint density at radius 2 is 2.00 bits per heavy atom. The molecule has 0 amide bonds. The van der Waals surface area contributed by atoms with Gasteiger partial charge in [-0.15, -0.1) is 0 Å². The van der Waals surface area contributed by atoms with Crippen LogP contribution in [0.2, 0.25) is 0 Å². The zero-order valence-corrected chi connectivity index (χ0v) is 13.6. The summed E-state index contributed by atoms with van der Waals surface area (Å²) in [5.41, 5.74) is 2.30. The lowest BCUT2D eigenvalue weighted by molar-refractivity contribution is 0.785. The van der Waals surface area contributed by atoms with Gasteiger partial charge in [0.1, 0.15) is 5.82 Å². The summed E-state index contributed by atoms with van der Waals surface area (Å²) in [6.07, 6.45) is 1.74. The van der Waals surface area contributed by atoms with Crippen molar-refractivity contribution in [3.05, 3.63) is 39.9 Å². The third kappa shape index (κ3) is 2.67. The standard InChI is InChI=1S/C13H15Br2N3/c1-3-12-16-13(4-2)18(17-12)11-6-5-10(15)7-9(11)8-14/h5-7H,3-4,8H2,1-2H3. The van der Waals surface area contributed by atoms with Gasteiger partial charge in [-0.05, 0) is 23.8 Å². The van der Waals surface area contributed by atoms with Crippen molar-refractivity contribution >= 4 is 31.9 Å². The minimum atomic E-state index is 0.798. The van der Waals surface area contributed by atoms with Crippen molar-refractivity contribution in [1.29, 1.82) is 0 Å². The highest BCUT2D eigenvalue weighted by atomic mass is 79.9. The summed E-state index contributed by atoms with van der Waals surface area (Å²) in [7, 11) is 0. The molecule has 0 unspecified atom stereocenters. The first kappa shape index (κ1) is 13.7. The molecule has 1 aromatic heterocycles. The van der Waals surface area contributed by atoms with E-state index in [9.17, 15) is 0 Å². The third-order valence-electron chi connectivity index (χ3n) is 2.76. The van der Waals surface area contributed by atoms with Crippen LogP contribution in [0.3, 0.4) is 0 Å². The largest absolute Gasteiger partial charge is 0.217 e. The maximum Gasteiger partial charge on any atom is 0.151 e. The molecule has 0 N–H and O–H groups in total. The molecule has 0 fully saturated rings. The summed E-state index contributed by atoms with van der Waals surface area (Å²) < 4.78 is 3.04. The fourth-order valence-electron chi connectivity index (χ4n) is 1.83. The molecule has 0 atom stereocenters. The molecule has 96 valence electrons. The second-order valence-electron chi connectivity index (χ2n) is 3.97. The van der Waals surface area contributed by atoms with Crippen LogP contribution in [0.1, 0.15) is 31.1 Å². The van der Waals surface area contributed by atoms with Crippen LogP contribution in [-0.4, -0.2) is 14.8 Å². The molecule has 2 rings (SSSR count). The van der Waals surface area contributed by atoms with Crippen molar-refractivity contribution in [2.75, 3.05) is 0 Å². The number of nitrogens with zero attached hydrogens (tertiary/aromatic N) is 3. The molecular formula is C13H15Br2N3. The molecular weight excluding hydrogens is 358 g/mol. The van der Waals surface area contributed by atoms with E-state index in [1.165, 1.54) is 5.56 Å². The Labute approximate surface area is 124 Å². The van der Waals surface area contributed by atoms with Crippen molar-refractivity contribution in [2.24, 2.45) is 0 Å². The summed E-state index contributed by atoms with van der Waals surface area (Å²) >= 11 is 7.03. The molecule has 0 radical (unpaired) electrons. The Kier molecular flexibility index (Phi) is 4.56. The van der Waals surface area contributed by atoms with Crippen LogP contribution >= 0.6 is 31.9 Å². The van der Waals surface area contributed by atoms with Crippen LogP contribution in [0, 0.1) is 0 Å². The molecule has 0 aliphatic rings. The zero-order chi connectivity index (χ0) is 13.1. The van der Waals surface area contributed by atoms with E-state index in [2.05, 4.69) is 67.9 Å². The molecule has 0 spiro atoms. The smallest absolute Gasteiger partial charge is 0.151 e. The molecule has 0 bridgehead atoms. The van der Waals surface area contributed by atoms with E-state index >= 15 is 0 Å². The van der Waals surface area contributed by atoms with Gasteiger partial charge in [-0.2, -0.15) is 5.10 Å². The molecule has 0 saturated carbocycles. The van der Waals surface area contributed by atoms with E-state index in [0.717, 1.165) is 40.0 Å². The third-order valence-corrected chi connectivity index (χ3v) is 3.86. The van der Waals surface area contributed by atoms with Crippen LogP contribution in [0.4, 0.5) is 0 Å². The Balaban J connectivity index is 2.56. The van der Waals surface area contributed by atoms with E-state index in [1.54, 1.807) is 0 Å². The first-order chi connectivity index (χ1) is 8.69. The van der Waals surface area contributed by atoms with Gasteiger partial charge in [0.25, 0.3) is 0 Å². The average Bonchev–Trinajstić information content (AvgIpc) is 2.81. The lowest BCUT2D eigenvalue weighted by atomic mass is 10.2. The van der Waals surface area contributed by atoms with Crippen LogP contribution in [0.15, 0.2) is 22.7 Å². The van der Waals surface area contributed by atoms with Gasteiger partial charge in [-0.3, -0.25) is 0 Å². The maximum atomic E-state index is 4.58. The number of hydrogen-bond acceptors (Lipinski definition) is 2. The summed E-state index contributed by atoms with van der Waals surface area (Å²) in [6, 6.07) is 6.22. The van der Waals surface area contributed by atoms with E-state index in [1.807, 2.05) is 10.7 Å². The Bertz CT molecular complexity index is 549. The first-order valence-corrected chi connectivity index (χ1v) is 7.90. The minimum Gasteiger partial charge on any atom is -0.217 e. The topological polar surface area (TPSA) is 30.7 Å². The Morgan fingerprint density at radius 3 is 2.61 bits per heavy atom. The predicted octanol–water partition coefficient (Wildman–Crippen LogP) is 4.05. The van der Waals surface area contributed by atoms with Crippen LogP contribution in [0.25, 0.3) is 5.69 Å². The van der Waals surface area contributed by atoms with Gasteiger partial charge in [-0.25, -0.2) is 9.67 Å². The molecule has 1 aromatic carbocycles. The highest BCUT2D eigenvalue weighted by Crippen LogP contribution is 2.23. The number of rotatable bonds is 4. The normalized spacial score (nSPS) is 10.9. The highest BCUT2D eigenvalue weighted by molar-refractivity contribution is 9.10.